The summed E-state index contributed by atoms with van der Waals surface area (Å²) in [5, 5.41) is 0. The molecule has 0 amide bonds. The number of hydrogen-bond acceptors (Lipinski definition) is 1. The average molecular weight is 199 g/mol. The molecule has 0 aromatic heterocycles. The molecule has 1 aromatic rings. The molecule has 74 valence electrons. The largest absolute Gasteiger partial charge is 0.258 e. The second kappa shape index (κ2) is 3.44. The number of aliphatic imine (C=N–C) groups is 1. The topological polar surface area (TPSA) is 12.4 Å². The number of alkyl halides is 1. The first-order valence-corrected chi connectivity index (χ1v) is 4.30. The van der Waals surface area contributed by atoms with Crippen LogP contribution in [-0.2, 0) is 0 Å². The van der Waals surface area contributed by atoms with Crippen molar-refractivity contribution in [1.82, 2.24) is 0 Å². The van der Waals surface area contributed by atoms with E-state index in [9.17, 15) is 13.2 Å². The molecule has 4 heteroatoms. The molecule has 1 saturated carbocycles. The third kappa shape index (κ3) is 1.95. The Morgan fingerprint density at radius 2 is 2.07 bits per heavy atom. The minimum Gasteiger partial charge on any atom is -0.258 e. The van der Waals surface area contributed by atoms with Gasteiger partial charge in [0.2, 0.25) is 0 Å². The maximum atomic E-state index is 13.0. The van der Waals surface area contributed by atoms with Crippen molar-refractivity contribution in [1.29, 1.82) is 0 Å². The van der Waals surface area contributed by atoms with E-state index in [1.165, 1.54) is 12.3 Å². The van der Waals surface area contributed by atoms with E-state index in [1.807, 2.05) is 0 Å². The summed E-state index contributed by atoms with van der Waals surface area (Å²) in [5.74, 6) is -1.56. The summed E-state index contributed by atoms with van der Waals surface area (Å²) < 4.78 is 37.8. The Labute approximate surface area is 79.3 Å². The fourth-order valence-corrected chi connectivity index (χ4v) is 1.10. The van der Waals surface area contributed by atoms with Gasteiger partial charge in [-0.25, -0.2) is 13.2 Å². The van der Waals surface area contributed by atoms with E-state index >= 15 is 0 Å². The van der Waals surface area contributed by atoms with Crippen molar-refractivity contribution in [3.8, 4) is 0 Å². The van der Waals surface area contributed by atoms with Gasteiger partial charge in [0.15, 0.2) is 5.82 Å². The lowest BCUT2D eigenvalue weighted by Gasteiger charge is -1.95. The second-order valence-electron chi connectivity index (χ2n) is 3.29. The predicted molar refractivity (Wildman–Crippen MR) is 47.5 cm³/mol. The van der Waals surface area contributed by atoms with Crippen LogP contribution in [0.5, 0.6) is 0 Å². The van der Waals surface area contributed by atoms with Gasteiger partial charge in [0.25, 0.3) is 0 Å². The molecule has 1 aromatic carbocycles. The summed E-state index contributed by atoms with van der Waals surface area (Å²) in [7, 11) is 0. The van der Waals surface area contributed by atoms with Crippen LogP contribution in [0.1, 0.15) is 6.42 Å². The van der Waals surface area contributed by atoms with Crippen LogP contribution >= 0.6 is 0 Å². The van der Waals surface area contributed by atoms with Gasteiger partial charge in [-0.15, -0.1) is 0 Å². The molecule has 1 fully saturated rings. The number of nitrogens with zero attached hydrogens (tertiary/aromatic N) is 1. The zero-order valence-corrected chi connectivity index (χ0v) is 7.25. The van der Waals surface area contributed by atoms with E-state index in [0.717, 1.165) is 12.1 Å². The van der Waals surface area contributed by atoms with Crippen LogP contribution in [0, 0.1) is 17.6 Å². The smallest absolute Gasteiger partial charge is 0.151 e. The zero-order chi connectivity index (χ0) is 10.1. The van der Waals surface area contributed by atoms with Gasteiger partial charge in [0.1, 0.15) is 12.0 Å². The highest BCUT2D eigenvalue weighted by Gasteiger charge is 2.35. The molecule has 2 atom stereocenters. The number of rotatable bonds is 2. The molecular formula is C10H8F3N. The van der Waals surface area contributed by atoms with E-state index in [-0.39, 0.29) is 11.6 Å². The maximum absolute atomic E-state index is 13.0. The van der Waals surface area contributed by atoms with Crippen molar-refractivity contribution < 1.29 is 13.2 Å². The first-order chi connectivity index (χ1) is 6.66. The molecule has 1 aliphatic carbocycles. The van der Waals surface area contributed by atoms with Gasteiger partial charge in [0.05, 0.1) is 5.69 Å². The molecule has 14 heavy (non-hydrogen) atoms. The van der Waals surface area contributed by atoms with Crippen LogP contribution in [0.4, 0.5) is 18.9 Å². The van der Waals surface area contributed by atoms with Crippen molar-refractivity contribution in [2.75, 3.05) is 0 Å². The number of benzene rings is 1. The van der Waals surface area contributed by atoms with Crippen LogP contribution in [-0.4, -0.2) is 12.4 Å². The van der Waals surface area contributed by atoms with Crippen LogP contribution in [0.15, 0.2) is 23.2 Å². The van der Waals surface area contributed by atoms with Crippen molar-refractivity contribution in [2.45, 2.75) is 12.6 Å². The Hall–Kier alpha value is -1.32. The minimum absolute atomic E-state index is 0.0468. The van der Waals surface area contributed by atoms with Gasteiger partial charge in [-0.05, 0) is 18.6 Å². The molecule has 2 rings (SSSR count). The standard InChI is InChI=1S/C10H8F3N/c11-7-1-2-10(9(13)4-7)14-5-6-3-8(6)12/h1-2,4-6,8H,3H2. The molecular weight excluding hydrogens is 191 g/mol. The molecule has 0 spiro atoms. The van der Waals surface area contributed by atoms with Gasteiger partial charge >= 0.3 is 0 Å². The molecule has 0 bridgehead atoms. The molecule has 1 aliphatic rings. The van der Waals surface area contributed by atoms with Gasteiger partial charge in [-0.1, -0.05) is 0 Å². The lowest BCUT2D eigenvalue weighted by Crippen LogP contribution is -1.83. The van der Waals surface area contributed by atoms with E-state index < -0.39 is 17.8 Å². The Morgan fingerprint density at radius 1 is 1.36 bits per heavy atom. The van der Waals surface area contributed by atoms with Gasteiger partial charge in [-0.3, -0.25) is 4.99 Å². The quantitative estimate of drug-likeness (QED) is 0.649. The normalized spacial score (nSPS) is 25.6. The summed E-state index contributed by atoms with van der Waals surface area (Å²) in [6, 6.07) is 3.11. The SMILES string of the molecule is Fc1ccc(N=CC2CC2F)c(F)c1. The second-order valence-corrected chi connectivity index (χ2v) is 3.29. The van der Waals surface area contributed by atoms with Crippen LogP contribution < -0.4 is 0 Å². The molecule has 0 N–H and O–H groups in total. The number of halogens is 3. The van der Waals surface area contributed by atoms with Crippen molar-refractivity contribution in [3.63, 3.8) is 0 Å². The summed E-state index contributed by atoms with van der Waals surface area (Å²) in [6.07, 6.45) is 0.982. The molecule has 0 aliphatic heterocycles. The Kier molecular flexibility index (Phi) is 2.27. The average Bonchev–Trinajstić information content (AvgIpc) is 2.80. The molecule has 2 unspecified atom stereocenters. The first kappa shape index (κ1) is 9.24. The fraction of sp³-hybridized carbons (Fsp3) is 0.300. The van der Waals surface area contributed by atoms with Gasteiger partial charge in [0, 0.05) is 18.2 Å². The lowest BCUT2D eigenvalue weighted by atomic mass is 10.3. The number of hydrogen-bond donors (Lipinski definition) is 0. The summed E-state index contributed by atoms with van der Waals surface area (Å²) in [6.45, 7) is 0. The van der Waals surface area contributed by atoms with Gasteiger partial charge < -0.3 is 0 Å². The Balaban J connectivity index is 2.12. The Morgan fingerprint density at radius 3 is 2.64 bits per heavy atom. The zero-order valence-electron chi connectivity index (χ0n) is 7.25. The molecule has 0 radical (unpaired) electrons. The maximum Gasteiger partial charge on any atom is 0.151 e. The first-order valence-electron chi connectivity index (χ1n) is 4.30. The van der Waals surface area contributed by atoms with E-state index in [2.05, 4.69) is 4.99 Å². The Bertz CT molecular complexity index is 376. The molecule has 0 heterocycles. The van der Waals surface area contributed by atoms with Crippen molar-refractivity contribution >= 4 is 11.9 Å². The third-order valence-electron chi connectivity index (χ3n) is 2.07. The van der Waals surface area contributed by atoms with Crippen LogP contribution in [0.3, 0.4) is 0 Å². The third-order valence-corrected chi connectivity index (χ3v) is 2.07. The molecule has 1 nitrogen and oxygen atoms in total. The lowest BCUT2D eigenvalue weighted by molar-refractivity contribution is 0.469. The highest BCUT2D eigenvalue weighted by atomic mass is 19.1. The van der Waals surface area contributed by atoms with E-state index in [4.69, 9.17) is 0 Å². The summed E-state index contributed by atoms with van der Waals surface area (Å²) in [4.78, 5) is 3.75. The monoisotopic (exact) mass is 199 g/mol. The van der Waals surface area contributed by atoms with E-state index in [1.54, 1.807) is 0 Å². The highest BCUT2D eigenvalue weighted by molar-refractivity contribution is 5.69. The summed E-state index contributed by atoms with van der Waals surface area (Å²) in [5.41, 5.74) is 0.0468. The van der Waals surface area contributed by atoms with Crippen molar-refractivity contribution in [3.05, 3.63) is 29.8 Å². The van der Waals surface area contributed by atoms with Crippen LogP contribution in [0.2, 0.25) is 0 Å². The fourth-order valence-electron chi connectivity index (χ4n) is 1.10. The predicted octanol–water partition coefficient (Wildman–Crippen LogP) is 3.03. The molecule has 0 saturated heterocycles. The highest BCUT2D eigenvalue weighted by Crippen LogP contribution is 2.32. The van der Waals surface area contributed by atoms with Gasteiger partial charge in [-0.2, -0.15) is 0 Å². The van der Waals surface area contributed by atoms with E-state index in [0.29, 0.717) is 6.42 Å². The van der Waals surface area contributed by atoms with Crippen molar-refractivity contribution in [2.24, 2.45) is 10.9 Å². The summed E-state index contributed by atoms with van der Waals surface area (Å²) >= 11 is 0. The van der Waals surface area contributed by atoms with Crippen LogP contribution in [0.25, 0.3) is 0 Å². The minimum atomic E-state index is -0.845.